The van der Waals surface area contributed by atoms with E-state index in [1.54, 1.807) is 6.92 Å². The van der Waals surface area contributed by atoms with Crippen LogP contribution in [0.25, 0.3) is 0 Å². The lowest BCUT2D eigenvalue weighted by Crippen LogP contribution is -2.68. The number of carbonyl (C=O) groups is 2. The van der Waals surface area contributed by atoms with Crippen LogP contribution in [0.3, 0.4) is 0 Å². The van der Waals surface area contributed by atoms with Crippen molar-refractivity contribution in [3.8, 4) is 0 Å². The Morgan fingerprint density at radius 2 is 1.68 bits per heavy atom. The van der Waals surface area contributed by atoms with Gasteiger partial charge in [0.1, 0.15) is 12.3 Å². The first kappa shape index (κ1) is 20.1. The molecule has 6 heteroatoms. The summed E-state index contributed by atoms with van der Waals surface area (Å²) in [4.78, 5) is 29.7. The molecule has 2 heterocycles. The number of carbonyl (C=O) groups excluding carboxylic acids is 2. The Balaban J connectivity index is 1.53. The standard InChI is InChI=1S/C22H35FN2O3/c1-14-13-24(22(27)21-4-3-11-28-21)20-12-17(16-5-8-18(23)9-6-16)7-10-19(20)25(14)15(2)26/h14,16-21H,3-13H2,1-2H3/t14-,16?,17?,18?,19?,20?,21?/m0/s1. The average Bonchev–Trinajstić information content (AvgIpc) is 3.21. The summed E-state index contributed by atoms with van der Waals surface area (Å²) in [5.74, 6) is 1.34. The smallest absolute Gasteiger partial charge is 0.252 e. The molecule has 2 aliphatic carbocycles. The van der Waals surface area contributed by atoms with E-state index in [0.29, 0.717) is 37.8 Å². The zero-order valence-electron chi connectivity index (χ0n) is 17.3. The molecule has 0 aromatic heterocycles. The molecule has 158 valence electrons. The van der Waals surface area contributed by atoms with Gasteiger partial charge >= 0.3 is 0 Å². The van der Waals surface area contributed by atoms with E-state index in [-0.39, 0.29) is 36.0 Å². The number of hydrogen-bond donors (Lipinski definition) is 0. The molecule has 0 radical (unpaired) electrons. The maximum Gasteiger partial charge on any atom is 0.252 e. The van der Waals surface area contributed by atoms with Crippen LogP contribution in [0.2, 0.25) is 0 Å². The minimum atomic E-state index is -0.631. The first-order valence-electron chi connectivity index (χ1n) is 11.3. The summed E-state index contributed by atoms with van der Waals surface area (Å²) in [6.07, 6.45) is 7.10. The van der Waals surface area contributed by atoms with Crippen molar-refractivity contribution >= 4 is 11.8 Å². The van der Waals surface area contributed by atoms with E-state index < -0.39 is 6.17 Å². The SMILES string of the molecule is CC(=O)N1C2CCC(C3CCC(F)CC3)CC2N(C(=O)C2CCCO2)C[C@@H]1C. The van der Waals surface area contributed by atoms with E-state index in [0.717, 1.165) is 44.9 Å². The third kappa shape index (κ3) is 3.81. The molecule has 5 atom stereocenters. The molecule has 2 saturated carbocycles. The fourth-order valence-corrected chi connectivity index (χ4v) is 6.39. The first-order valence-corrected chi connectivity index (χ1v) is 11.3. The minimum absolute atomic E-state index is 0.0441. The first-order chi connectivity index (χ1) is 13.5. The van der Waals surface area contributed by atoms with Gasteiger partial charge in [-0.2, -0.15) is 0 Å². The van der Waals surface area contributed by atoms with E-state index in [2.05, 4.69) is 11.8 Å². The second kappa shape index (κ2) is 8.29. The van der Waals surface area contributed by atoms with Crippen LogP contribution in [-0.4, -0.2) is 65.2 Å². The highest BCUT2D eigenvalue weighted by molar-refractivity contribution is 5.82. The molecule has 0 N–H and O–H groups in total. The highest BCUT2D eigenvalue weighted by Crippen LogP contribution is 2.43. The van der Waals surface area contributed by atoms with Crippen molar-refractivity contribution in [1.29, 1.82) is 0 Å². The number of nitrogens with zero attached hydrogens (tertiary/aromatic N) is 2. The minimum Gasteiger partial charge on any atom is -0.368 e. The Bertz CT molecular complexity index is 586. The predicted molar refractivity (Wildman–Crippen MR) is 104 cm³/mol. The van der Waals surface area contributed by atoms with Gasteiger partial charge in [-0.1, -0.05) is 0 Å². The Kier molecular flexibility index (Phi) is 5.96. The van der Waals surface area contributed by atoms with Gasteiger partial charge in [0.25, 0.3) is 5.91 Å². The number of rotatable bonds is 2. The molecule has 2 aliphatic heterocycles. The predicted octanol–water partition coefficient (Wildman–Crippen LogP) is 3.31. The zero-order valence-corrected chi connectivity index (χ0v) is 17.3. The van der Waals surface area contributed by atoms with Crippen LogP contribution < -0.4 is 0 Å². The molecule has 4 rings (SSSR count). The van der Waals surface area contributed by atoms with Gasteiger partial charge < -0.3 is 14.5 Å². The third-order valence-electron chi connectivity index (χ3n) is 7.73. The van der Waals surface area contributed by atoms with Crippen molar-refractivity contribution < 1.29 is 18.7 Å². The molecule has 4 aliphatic rings. The number of halogens is 1. The van der Waals surface area contributed by atoms with Crippen molar-refractivity contribution in [2.45, 2.75) is 102 Å². The molecule has 2 saturated heterocycles. The number of ether oxygens (including phenoxy) is 1. The highest BCUT2D eigenvalue weighted by atomic mass is 19.1. The molecule has 0 spiro atoms. The van der Waals surface area contributed by atoms with Crippen molar-refractivity contribution in [1.82, 2.24) is 9.80 Å². The molecular formula is C22H35FN2O3. The monoisotopic (exact) mass is 394 g/mol. The van der Waals surface area contributed by atoms with E-state index >= 15 is 0 Å². The summed E-state index contributed by atoms with van der Waals surface area (Å²) < 4.78 is 19.3. The summed E-state index contributed by atoms with van der Waals surface area (Å²) in [7, 11) is 0. The van der Waals surface area contributed by atoms with Gasteiger partial charge in [-0.15, -0.1) is 0 Å². The van der Waals surface area contributed by atoms with Crippen molar-refractivity contribution in [2.75, 3.05) is 13.2 Å². The fraction of sp³-hybridized carbons (Fsp3) is 0.909. The van der Waals surface area contributed by atoms with Gasteiger partial charge in [-0.05, 0) is 76.5 Å². The molecule has 28 heavy (non-hydrogen) atoms. The van der Waals surface area contributed by atoms with Crippen LogP contribution >= 0.6 is 0 Å². The fourth-order valence-electron chi connectivity index (χ4n) is 6.39. The quantitative estimate of drug-likeness (QED) is 0.722. The van der Waals surface area contributed by atoms with Gasteiger partial charge in [-0.25, -0.2) is 4.39 Å². The zero-order chi connectivity index (χ0) is 19.8. The van der Waals surface area contributed by atoms with Crippen LogP contribution in [0.15, 0.2) is 0 Å². The second-order valence-corrected chi connectivity index (χ2v) is 9.49. The van der Waals surface area contributed by atoms with Crippen LogP contribution in [-0.2, 0) is 14.3 Å². The molecule has 2 amide bonds. The Morgan fingerprint density at radius 3 is 2.32 bits per heavy atom. The lowest BCUT2D eigenvalue weighted by molar-refractivity contribution is -0.160. The van der Waals surface area contributed by atoms with E-state index in [4.69, 9.17) is 4.74 Å². The summed E-state index contributed by atoms with van der Waals surface area (Å²) in [5.41, 5.74) is 0. The molecule has 0 bridgehead atoms. The normalized spacial score (nSPS) is 41.6. The summed E-state index contributed by atoms with van der Waals surface area (Å²) in [6, 6.07) is 0.238. The summed E-state index contributed by atoms with van der Waals surface area (Å²) in [6.45, 7) is 4.98. The van der Waals surface area contributed by atoms with E-state index in [9.17, 15) is 14.0 Å². The van der Waals surface area contributed by atoms with Crippen LogP contribution in [0.1, 0.15) is 71.6 Å². The average molecular weight is 395 g/mol. The lowest BCUT2D eigenvalue weighted by atomic mass is 9.69. The maximum absolute atomic E-state index is 13.6. The maximum atomic E-state index is 13.6. The highest BCUT2D eigenvalue weighted by Gasteiger charge is 2.48. The van der Waals surface area contributed by atoms with Crippen molar-refractivity contribution in [3.05, 3.63) is 0 Å². The van der Waals surface area contributed by atoms with E-state index in [1.807, 2.05) is 4.90 Å². The number of amides is 2. The number of hydrogen-bond acceptors (Lipinski definition) is 3. The second-order valence-electron chi connectivity index (χ2n) is 9.49. The van der Waals surface area contributed by atoms with Crippen LogP contribution in [0, 0.1) is 11.8 Å². The number of alkyl halides is 1. The van der Waals surface area contributed by atoms with E-state index in [1.165, 1.54) is 0 Å². The van der Waals surface area contributed by atoms with Crippen LogP contribution in [0.5, 0.6) is 0 Å². The molecule has 0 aromatic rings. The van der Waals surface area contributed by atoms with Crippen molar-refractivity contribution in [3.63, 3.8) is 0 Å². The van der Waals surface area contributed by atoms with Crippen LogP contribution in [0.4, 0.5) is 4.39 Å². The van der Waals surface area contributed by atoms with Gasteiger partial charge in [0.15, 0.2) is 0 Å². The molecule has 0 aromatic carbocycles. The summed E-state index contributed by atoms with van der Waals surface area (Å²) in [5, 5.41) is 0. The van der Waals surface area contributed by atoms with Gasteiger partial charge in [0.2, 0.25) is 5.91 Å². The largest absolute Gasteiger partial charge is 0.368 e. The van der Waals surface area contributed by atoms with Crippen molar-refractivity contribution in [2.24, 2.45) is 11.8 Å². The molecule has 4 fully saturated rings. The topological polar surface area (TPSA) is 49.9 Å². The van der Waals surface area contributed by atoms with Gasteiger partial charge in [-0.3, -0.25) is 9.59 Å². The summed E-state index contributed by atoms with van der Waals surface area (Å²) >= 11 is 0. The number of piperazine rings is 1. The van der Waals surface area contributed by atoms with Gasteiger partial charge in [0.05, 0.1) is 12.1 Å². The molecular weight excluding hydrogens is 359 g/mol. The molecule has 4 unspecified atom stereocenters. The van der Waals surface area contributed by atoms with Gasteiger partial charge in [0, 0.05) is 26.1 Å². The Morgan fingerprint density at radius 1 is 0.964 bits per heavy atom. The lowest BCUT2D eigenvalue weighted by Gasteiger charge is -2.55. The Labute approximate surface area is 168 Å². The Hall–Kier alpha value is -1.17. The third-order valence-corrected chi connectivity index (χ3v) is 7.73. The number of fused-ring (bicyclic) bond motifs is 1. The molecule has 5 nitrogen and oxygen atoms in total.